The molecule has 0 aliphatic rings. The standard InChI is InChI=1S/C16H15FINO2/c1-19(16(20)12-3-2-4-14(18)11-12)9-10-21-15-7-5-13(17)6-8-15/h2-8,11H,9-10H2,1H3. The number of benzene rings is 2. The smallest absolute Gasteiger partial charge is 0.253 e. The predicted molar refractivity (Wildman–Crippen MR) is 88.0 cm³/mol. The fourth-order valence-corrected chi connectivity index (χ4v) is 2.32. The maximum atomic E-state index is 12.8. The van der Waals surface area contributed by atoms with E-state index in [0.29, 0.717) is 24.5 Å². The van der Waals surface area contributed by atoms with Crippen molar-refractivity contribution in [1.29, 1.82) is 0 Å². The topological polar surface area (TPSA) is 29.5 Å². The third kappa shape index (κ3) is 4.70. The number of hydrogen-bond acceptors (Lipinski definition) is 2. The second kappa shape index (κ2) is 7.40. The zero-order valence-corrected chi connectivity index (χ0v) is 13.7. The van der Waals surface area contributed by atoms with Crippen molar-refractivity contribution in [2.24, 2.45) is 0 Å². The first kappa shape index (κ1) is 15.8. The molecule has 2 aromatic carbocycles. The van der Waals surface area contributed by atoms with Gasteiger partial charge in [-0.2, -0.15) is 0 Å². The molecule has 2 rings (SSSR count). The minimum absolute atomic E-state index is 0.0452. The number of carbonyl (C=O) groups excluding carboxylic acids is 1. The third-order valence-corrected chi connectivity index (χ3v) is 3.60. The third-order valence-electron chi connectivity index (χ3n) is 2.93. The summed E-state index contributed by atoms with van der Waals surface area (Å²) in [6.45, 7) is 0.819. The molecule has 0 bridgehead atoms. The summed E-state index contributed by atoms with van der Waals surface area (Å²) >= 11 is 2.18. The highest BCUT2D eigenvalue weighted by Crippen LogP contribution is 2.12. The van der Waals surface area contributed by atoms with Crippen LogP contribution in [0.5, 0.6) is 5.75 Å². The molecule has 3 nitrogen and oxygen atoms in total. The van der Waals surface area contributed by atoms with Crippen LogP contribution in [0.3, 0.4) is 0 Å². The van der Waals surface area contributed by atoms with E-state index in [2.05, 4.69) is 22.6 Å². The van der Waals surface area contributed by atoms with Crippen molar-refractivity contribution >= 4 is 28.5 Å². The number of nitrogens with zero attached hydrogens (tertiary/aromatic N) is 1. The van der Waals surface area contributed by atoms with Crippen molar-refractivity contribution < 1.29 is 13.9 Å². The number of halogens is 2. The van der Waals surface area contributed by atoms with Crippen molar-refractivity contribution in [3.63, 3.8) is 0 Å². The number of carbonyl (C=O) groups is 1. The Bertz CT molecular complexity index is 616. The Hall–Kier alpha value is -1.63. The van der Waals surface area contributed by atoms with Crippen LogP contribution in [0.4, 0.5) is 4.39 Å². The summed E-state index contributed by atoms with van der Waals surface area (Å²) in [6, 6.07) is 13.3. The molecule has 0 aliphatic heterocycles. The van der Waals surface area contributed by atoms with Gasteiger partial charge in [-0.05, 0) is 65.1 Å². The predicted octanol–water partition coefficient (Wildman–Crippen LogP) is 3.58. The van der Waals surface area contributed by atoms with Gasteiger partial charge in [-0.1, -0.05) is 6.07 Å². The monoisotopic (exact) mass is 399 g/mol. The molecule has 0 saturated heterocycles. The van der Waals surface area contributed by atoms with E-state index < -0.39 is 0 Å². The molecule has 0 N–H and O–H groups in total. The van der Waals surface area contributed by atoms with Gasteiger partial charge in [-0.3, -0.25) is 4.79 Å². The van der Waals surface area contributed by atoms with E-state index in [0.717, 1.165) is 3.57 Å². The van der Waals surface area contributed by atoms with Gasteiger partial charge in [0.1, 0.15) is 18.2 Å². The molecule has 2 aromatic rings. The number of ether oxygens (including phenoxy) is 1. The second-order valence-electron chi connectivity index (χ2n) is 4.54. The first-order chi connectivity index (χ1) is 10.1. The highest BCUT2D eigenvalue weighted by Gasteiger charge is 2.11. The van der Waals surface area contributed by atoms with Crippen LogP contribution in [-0.2, 0) is 0 Å². The van der Waals surface area contributed by atoms with E-state index >= 15 is 0 Å². The molecule has 0 atom stereocenters. The minimum Gasteiger partial charge on any atom is -0.492 e. The van der Waals surface area contributed by atoms with Crippen molar-refractivity contribution in [3.05, 3.63) is 63.5 Å². The van der Waals surface area contributed by atoms with E-state index in [-0.39, 0.29) is 11.7 Å². The minimum atomic E-state index is -0.298. The van der Waals surface area contributed by atoms with E-state index in [9.17, 15) is 9.18 Å². The van der Waals surface area contributed by atoms with Crippen LogP contribution in [-0.4, -0.2) is 31.0 Å². The van der Waals surface area contributed by atoms with Crippen LogP contribution >= 0.6 is 22.6 Å². The summed E-state index contributed by atoms with van der Waals surface area (Å²) in [5.74, 6) is 0.246. The van der Waals surface area contributed by atoms with Gasteiger partial charge in [0.25, 0.3) is 5.91 Å². The van der Waals surface area contributed by atoms with Crippen LogP contribution in [0.15, 0.2) is 48.5 Å². The highest BCUT2D eigenvalue weighted by atomic mass is 127. The molecule has 0 heterocycles. The maximum absolute atomic E-state index is 12.8. The van der Waals surface area contributed by atoms with Gasteiger partial charge < -0.3 is 9.64 Å². The maximum Gasteiger partial charge on any atom is 0.253 e. The van der Waals surface area contributed by atoms with E-state index in [4.69, 9.17) is 4.74 Å². The van der Waals surface area contributed by atoms with Gasteiger partial charge in [0.05, 0.1) is 6.54 Å². The summed E-state index contributed by atoms with van der Waals surface area (Å²) in [6.07, 6.45) is 0. The summed E-state index contributed by atoms with van der Waals surface area (Å²) in [5, 5.41) is 0. The average molecular weight is 399 g/mol. The molecule has 0 radical (unpaired) electrons. The lowest BCUT2D eigenvalue weighted by Gasteiger charge is -2.17. The lowest BCUT2D eigenvalue weighted by molar-refractivity contribution is 0.0773. The summed E-state index contributed by atoms with van der Waals surface area (Å²) in [5.41, 5.74) is 0.659. The molecule has 0 aromatic heterocycles. The van der Waals surface area contributed by atoms with Gasteiger partial charge in [0, 0.05) is 16.2 Å². The Morgan fingerprint density at radius 3 is 2.62 bits per heavy atom. The van der Waals surface area contributed by atoms with E-state index in [1.54, 1.807) is 30.1 Å². The molecular weight excluding hydrogens is 384 g/mol. The molecule has 1 amide bonds. The summed E-state index contributed by atoms with van der Waals surface area (Å²) < 4.78 is 19.3. The number of rotatable bonds is 5. The van der Waals surface area contributed by atoms with E-state index in [1.165, 1.54) is 12.1 Å². The van der Waals surface area contributed by atoms with Gasteiger partial charge in [0.15, 0.2) is 0 Å². The second-order valence-corrected chi connectivity index (χ2v) is 5.79. The van der Waals surface area contributed by atoms with E-state index in [1.807, 2.05) is 18.2 Å². The van der Waals surface area contributed by atoms with Gasteiger partial charge >= 0.3 is 0 Å². The van der Waals surface area contributed by atoms with Crippen molar-refractivity contribution in [2.45, 2.75) is 0 Å². The molecule has 0 spiro atoms. The molecule has 0 unspecified atom stereocenters. The number of hydrogen-bond donors (Lipinski definition) is 0. The fourth-order valence-electron chi connectivity index (χ4n) is 1.77. The first-order valence-electron chi connectivity index (χ1n) is 6.45. The Morgan fingerprint density at radius 1 is 1.24 bits per heavy atom. The average Bonchev–Trinajstić information content (AvgIpc) is 2.48. The molecular formula is C16H15FINO2. The lowest BCUT2D eigenvalue weighted by atomic mass is 10.2. The zero-order valence-electron chi connectivity index (χ0n) is 11.6. The fraction of sp³-hybridized carbons (Fsp3) is 0.188. The normalized spacial score (nSPS) is 10.2. The molecule has 0 fully saturated rings. The Kier molecular flexibility index (Phi) is 5.55. The molecule has 5 heteroatoms. The first-order valence-corrected chi connectivity index (χ1v) is 7.53. The molecule has 0 saturated carbocycles. The molecule has 110 valence electrons. The van der Waals surface area contributed by atoms with Crippen molar-refractivity contribution in [1.82, 2.24) is 4.90 Å². The number of amides is 1. The van der Waals surface area contributed by atoms with Gasteiger partial charge in [-0.25, -0.2) is 4.39 Å². The summed E-state index contributed by atoms with van der Waals surface area (Å²) in [7, 11) is 1.73. The van der Waals surface area contributed by atoms with Crippen LogP contribution < -0.4 is 4.74 Å². The van der Waals surface area contributed by atoms with Gasteiger partial charge in [-0.15, -0.1) is 0 Å². The van der Waals surface area contributed by atoms with Crippen LogP contribution in [0.25, 0.3) is 0 Å². The zero-order chi connectivity index (χ0) is 15.2. The van der Waals surface area contributed by atoms with Crippen LogP contribution in [0, 0.1) is 9.39 Å². The van der Waals surface area contributed by atoms with Gasteiger partial charge in [0.2, 0.25) is 0 Å². The van der Waals surface area contributed by atoms with Crippen molar-refractivity contribution in [2.75, 3.05) is 20.2 Å². The Morgan fingerprint density at radius 2 is 1.95 bits per heavy atom. The highest BCUT2D eigenvalue weighted by molar-refractivity contribution is 14.1. The quantitative estimate of drug-likeness (QED) is 0.720. The number of likely N-dealkylation sites (N-methyl/N-ethyl adjacent to an activating group) is 1. The van der Waals surface area contributed by atoms with Crippen LogP contribution in [0.2, 0.25) is 0 Å². The molecule has 21 heavy (non-hydrogen) atoms. The van der Waals surface area contributed by atoms with Crippen molar-refractivity contribution in [3.8, 4) is 5.75 Å². The Labute approximate surface area is 136 Å². The lowest BCUT2D eigenvalue weighted by Crippen LogP contribution is -2.30. The SMILES string of the molecule is CN(CCOc1ccc(F)cc1)C(=O)c1cccc(I)c1. The van der Waals surface area contributed by atoms with Crippen LogP contribution in [0.1, 0.15) is 10.4 Å². The Balaban J connectivity index is 1.85. The largest absolute Gasteiger partial charge is 0.492 e. The summed E-state index contributed by atoms with van der Waals surface area (Å²) in [4.78, 5) is 13.8. The molecule has 0 aliphatic carbocycles.